The van der Waals surface area contributed by atoms with Crippen LogP contribution < -0.4 is 0 Å². The van der Waals surface area contributed by atoms with Crippen LogP contribution in [0.5, 0.6) is 0 Å². The molecule has 6 heteroatoms. The average Bonchev–Trinajstić information content (AvgIpc) is 2.59. The highest BCUT2D eigenvalue weighted by atomic mass is 19.1. The van der Waals surface area contributed by atoms with Crippen molar-refractivity contribution in [3.63, 3.8) is 0 Å². The topological polar surface area (TPSA) is 87.0 Å². The molecule has 0 fully saturated rings. The fourth-order valence-corrected chi connectivity index (χ4v) is 4.53. The Hall–Kier alpha value is -2.24. The molecule has 4 atom stereocenters. The lowest BCUT2D eigenvalue weighted by Crippen LogP contribution is -2.57. The van der Waals surface area contributed by atoms with Gasteiger partial charge in [-0.2, -0.15) is 0 Å². The summed E-state index contributed by atoms with van der Waals surface area (Å²) < 4.78 is 13.5. The van der Waals surface area contributed by atoms with Gasteiger partial charge in [0.15, 0.2) is 0 Å². The van der Waals surface area contributed by atoms with E-state index in [0.717, 1.165) is 0 Å². The van der Waals surface area contributed by atoms with Crippen molar-refractivity contribution in [3.8, 4) is 0 Å². The maximum atomic E-state index is 13.5. The van der Waals surface area contributed by atoms with Crippen molar-refractivity contribution in [2.45, 2.75) is 53.0 Å². The summed E-state index contributed by atoms with van der Waals surface area (Å²) in [4.78, 5) is 29.6. The summed E-state index contributed by atoms with van der Waals surface area (Å²) in [6.07, 6.45) is 0.228. The maximum absolute atomic E-state index is 13.5. The van der Waals surface area contributed by atoms with E-state index in [2.05, 4.69) is 0 Å². The average molecular weight is 377 g/mol. The summed E-state index contributed by atoms with van der Waals surface area (Å²) in [6.45, 7) is 9.31. The summed E-state index contributed by atoms with van der Waals surface area (Å²) in [6, 6.07) is 4.94. The van der Waals surface area contributed by atoms with E-state index in [4.69, 9.17) is 4.99 Å². The number of carbonyl (C=O) groups is 2. The second-order valence-corrected chi connectivity index (χ2v) is 7.94. The zero-order valence-electron chi connectivity index (χ0n) is 16.4. The first-order chi connectivity index (χ1) is 12.6. The van der Waals surface area contributed by atoms with Crippen LogP contribution in [0.2, 0.25) is 0 Å². The van der Waals surface area contributed by atoms with Gasteiger partial charge in [0, 0.05) is 11.6 Å². The molecule has 2 N–H and O–H groups in total. The minimum Gasteiger partial charge on any atom is -0.481 e. The fourth-order valence-electron chi connectivity index (χ4n) is 4.53. The van der Waals surface area contributed by atoms with E-state index in [9.17, 15) is 24.2 Å². The Kier molecular flexibility index (Phi) is 6.07. The number of nitrogens with zero attached hydrogens (tertiary/aromatic N) is 1. The monoisotopic (exact) mass is 377 g/mol. The van der Waals surface area contributed by atoms with Crippen LogP contribution in [0.3, 0.4) is 0 Å². The van der Waals surface area contributed by atoms with Crippen molar-refractivity contribution in [1.29, 1.82) is 0 Å². The van der Waals surface area contributed by atoms with Crippen LogP contribution in [0.1, 0.15) is 52.5 Å². The van der Waals surface area contributed by atoms with E-state index >= 15 is 0 Å². The third kappa shape index (κ3) is 3.49. The normalized spacial score (nSPS) is 28.3. The lowest BCUT2D eigenvalue weighted by Gasteiger charge is -2.49. The fraction of sp³-hybridized carbons (Fsp3) is 0.571. The van der Waals surface area contributed by atoms with E-state index < -0.39 is 41.0 Å². The van der Waals surface area contributed by atoms with Crippen LogP contribution in [-0.2, 0) is 9.59 Å². The first-order valence-corrected chi connectivity index (χ1v) is 9.37. The van der Waals surface area contributed by atoms with E-state index in [-0.39, 0.29) is 18.3 Å². The molecular weight excluding hydrogens is 349 g/mol. The van der Waals surface area contributed by atoms with Gasteiger partial charge >= 0.3 is 11.9 Å². The standard InChI is InChI=1S/C21H28FNO4/c1-6-21(20(26)27)16(13-7-9-14(22)10-8-13)15(19(24)25)17(11(2)3)23-18(21)12(4)5/h7-12,15-16,18H,6H2,1-5H3,(H,24,25)(H,26,27). The number of benzene rings is 1. The van der Waals surface area contributed by atoms with Crippen molar-refractivity contribution in [2.75, 3.05) is 0 Å². The van der Waals surface area contributed by atoms with Crippen LogP contribution in [0.15, 0.2) is 29.3 Å². The van der Waals surface area contributed by atoms with Gasteiger partial charge in [-0.3, -0.25) is 14.6 Å². The van der Waals surface area contributed by atoms with Crippen LogP contribution in [0.4, 0.5) is 4.39 Å². The third-order valence-electron chi connectivity index (χ3n) is 5.72. The van der Waals surface area contributed by atoms with Gasteiger partial charge in [0.25, 0.3) is 0 Å². The molecule has 27 heavy (non-hydrogen) atoms. The maximum Gasteiger partial charge on any atom is 0.312 e. The van der Waals surface area contributed by atoms with Crippen molar-refractivity contribution in [3.05, 3.63) is 35.6 Å². The molecule has 0 saturated heterocycles. The number of carboxylic acid groups (broad SMARTS) is 2. The summed E-state index contributed by atoms with van der Waals surface area (Å²) in [5.41, 5.74) is -0.361. The van der Waals surface area contributed by atoms with Gasteiger partial charge in [0.05, 0.1) is 11.5 Å². The zero-order valence-corrected chi connectivity index (χ0v) is 16.4. The summed E-state index contributed by atoms with van der Waals surface area (Å²) in [7, 11) is 0. The number of carboxylic acids is 2. The van der Waals surface area contributed by atoms with Gasteiger partial charge < -0.3 is 10.2 Å². The lowest BCUT2D eigenvalue weighted by molar-refractivity contribution is -0.157. The molecule has 0 aromatic heterocycles. The van der Waals surface area contributed by atoms with E-state index in [1.807, 2.05) is 27.7 Å². The number of aliphatic imine (C=N–C) groups is 1. The molecule has 4 unspecified atom stereocenters. The molecule has 2 rings (SSSR count). The molecule has 1 heterocycles. The number of aliphatic carboxylic acids is 2. The first kappa shape index (κ1) is 21.1. The number of hydrogen-bond acceptors (Lipinski definition) is 3. The zero-order chi connectivity index (χ0) is 20.5. The molecule has 1 aromatic carbocycles. The summed E-state index contributed by atoms with van der Waals surface area (Å²) in [5, 5.41) is 20.3. The smallest absolute Gasteiger partial charge is 0.312 e. The van der Waals surface area contributed by atoms with Gasteiger partial charge in [-0.05, 0) is 36.0 Å². The lowest BCUT2D eigenvalue weighted by atomic mass is 9.56. The van der Waals surface area contributed by atoms with Gasteiger partial charge in [0.2, 0.25) is 0 Å². The van der Waals surface area contributed by atoms with Crippen molar-refractivity contribution < 1.29 is 24.2 Å². The van der Waals surface area contributed by atoms with Gasteiger partial charge in [-0.25, -0.2) is 4.39 Å². The molecule has 1 aliphatic heterocycles. The van der Waals surface area contributed by atoms with Crippen LogP contribution >= 0.6 is 0 Å². The van der Waals surface area contributed by atoms with Gasteiger partial charge in [0.1, 0.15) is 11.7 Å². The number of halogens is 1. The molecule has 0 bridgehead atoms. The predicted octanol–water partition coefficient (Wildman–Crippen LogP) is 4.23. The van der Waals surface area contributed by atoms with E-state index in [1.54, 1.807) is 6.92 Å². The Morgan fingerprint density at radius 3 is 2.07 bits per heavy atom. The van der Waals surface area contributed by atoms with Crippen molar-refractivity contribution >= 4 is 17.7 Å². The SMILES string of the molecule is CCC1(C(=O)O)C(C(C)C)N=C(C(C)C)C(C(=O)O)C1c1ccc(F)cc1. The Labute approximate surface area is 159 Å². The first-order valence-electron chi connectivity index (χ1n) is 9.37. The highest BCUT2D eigenvalue weighted by Gasteiger charge is 2.60. The van der Waals surface area contributed by atoms with Crippen molar-refractivity contribution in [2.24, 2.45) is 28.2 Å². The van der Waals surface area contributed by atoms with E-state index in [1.165, 1.54) is 24.3 Å². The largest absolute Gasteiger partial charge is 0.481 e. The summed E-state index contributed by atoms with van der Waals surface area (Å²) >= 11 is 0. The molecule has 0 saturated carbocycles. The Morgan fingerprint density at radius 2 is 1.70 bits per heavy atom. The quantitative estimate of drug-likeness (QED) is 0.777. The van der Waals surface area contributed by atoms with Crippen molar-refractivity contribution in [1.82, 2.24) is 0 Å². The molecule has 0 radical (unpaired) electrons. The molecule has 1 aliphatic rings. The summed E-state index contributed by atoms with van der Waals surface area (Å²) in [5.74, 6) is -4.74. The molecule has 0 amide bonds. The molecule has 5 nitrogen and oxygen atoms in total. The molecule has 148 valence electrons. The Balaban J connectivity index is 2.88. The second kappa shape index (κ2) is 7.79. The third-order valence-corrected chi connectivity index (χ3v) is 5.72. The minimum atomic E-state index is -1.38. The number of rotatable bonds is 6. The van der Waals surface area contributed by atoms with Crippen LogP contribution in [0.25, 0.3) is 0 Å². The Morgan fingerprint density at radius 1 is 1.15 bits per heavy atom. The molecular formula is C21H28FNO4. The second-order valence-electron chi connectivity index (χ2n) is 7.94. The number of hydrogen-bond donors (Lipinski definition) is 2. The minimum absolute atomic E-state index is 0.0903. The van der Waals surface area contributed by atoms with Crippen LogP contribution in [-0.4, -0.2) is 33.9 Å². The molecule has 0 aliphatic carbocycles. The highest BCUT2D eigenvalue weighted by molar-refractivity contribution is 6.05. The highest BCUT2D eigenvalue weighted by Crippen LogP contribution is 2.53. The van der Waals surface area contributed by atoms with Crippen LogP contribution in [0, 0.1) is 29.0 Å². The van der Waals surface area contributed by atoms with Gasteiger partial charge in [-0.15, -0.1) is 0 Å². The van der Waals surface area contributed by atoms with Gasteiger partial charge in [-0.1, -0.05) is 46.8 Å². The predicted molar refractivity (Wildman–Crippen MR) is 102 cm³/mol. The molecule has 0 spiro atoms. The Bertz CT molecular complexity index is 741. The molecule has 1 aromatic rings. The van der Waals surface area contributed by atoms with E-state index in [0.29, 0.717) is 11.3 Å².